The Labute approximate surface area is 102 Å². The molecule has 0 aliphatic rings. The van der Waals surface area contributed by atoms with E-state index in [1.165, 1.54) is 0 Å². The molecule has 0 fully saturated rings. The molecule has 2 rings (SSSR count). The molecule has 2 aromatic rings. The number of ether oxygens (including phenoxy) is 1. The van der Waals surface area contributed by atoms with Gasteiger partial charge in [-0.05, 0) is 17.7 Å². The first-order valence-electron chi connectivity index (χ1n) is 4.82. The van der Waals surface area contributed by atoms with Gasteiger partial charge in [0.1, 0.15) is 12.4 Å². The van der Waals surface area contributed by atoms with Gasteiger partial charge in [-0.25, -0.2) is 0 Å². The molecule has 16 heavy (non-hydrogen) atoms. The fourth-order valence-electron chi connectivity index (χ4n) is 1.26. The van der Waals surface area contributed by atoms with Crippen molar-refractivity contribution >= 4 is 21.6 Å². The zero-order valence-electron chi connectivity index (χ0n) is 8.56. The van der Waals surface area contributed by atoms with Gasteiger partial charge >= 0.3 is 0 Å². The number of hydrogen-bond acceptors (Lipinski definition) is 3. The molecule has 0 aliphatic heterocycles. The second-order valence-electron chi connectivity index (χ2n) is 3.37. The summed E-state index contributed by atoms with van der Waals surface area (Å²) in [5, 5.41) is 0. The quantitative estimate of drug-likeness (QED) is 0.939. The zero-order chi connectivity index (χ0) is 11.4. The number of pyridine rings is 1. The Hall–Kier alpha value is -1.55. The van der Waals surface area contributed by atoms with E-state index in [1.54, 1.807) is 18.5 Å². The summed E-state index contributed by atoms with van der Waals surface area (Å²) in [6.45, 7) is 0.512. The van der Waals surface area contributed by atoms with Crippen LogP contribution in [0.1, 0.15) is 5.56 Å². The topological polar surface area (TPSA) is 48.1 Å². The molecule has 0 unspecified atom stereocenters. The summed E-state index contributed by atoms with van der Waals surface area (Å²) < 4.78 is 6.61. The second kappa shape index (κ2) is 4.99. The van der Waals surface area contributed by atoms with Crippen molar-refractivity contribution in [3.8, 4) is 5.75 Å². The van der Waals surface area contributed by atoms with E-state index in [2.05, 4.69) is 20.9 Å². The Morgan fingerprint density at radius 2 is 1.94 bits per heavy atom. The molecule has 0 saturated heterocycles. The van der Waals surface area contributed by atoms with Crippen molar-refractivity contribution in [2.45, 2.75) is 6.61 Å². The number of benzene rings is 1. The van der Waals surface area contributed by atoms with E-state index in [0.717, 1.165) is 10.0 Å². The van der Waals surface area contributed by atoms with E-state index >= 15 is 0 Å². The van der Waals surface area contributed by atoms with E-state index in [0.29, 0.717) is 18.0 Å². The molecule has 0 radical (unpaired) electrons. The summed E-state index contributed by atoms with van der Waals surface area (Å²) in [6, 6.07) is 9.73. The third kappa shape index (κ3) is 2.97. The van der Waals surface area contributed by atoms with Crippen LogP contribution < -0.4 is 10.5 Å². The van der Waals surface area contributed by atoms with Crippen LogP contribution in [0.2, 0.25) is 0 Å². The van der Waals surface area contributed by atoms with Gasteiger partial charge < -0.3 is 10.5 Å². The fourth-order valence-corrected chi connectivity index (χ4v) is 1.53. The number of halogens is 1. The number of nitrogens with zero attached hydrogens (tertiary/aromatic N) is 1. The molecular weight excluding hydrogens is 268 g/mol. The summed E-state index contributed by atoms with van der Waals surface area (Å²) in [6.07, 6.45) is 3.24. The Bertz CT molecular complexity index is 471. The van der Waals surface area contributed by atoms with Crippen molar-refractivity contribution in [1.82, 2.24) is 4.98 Å². The van der Waals surface area contributed by atoms with Crippen LogP contribution in [-0.4, -0.2) is 4.98 Å². The molecule has 2 N–H and O–H groups in total. The zero-order valence-corrected chi connectivity index (χ0v) is 10.1. The third-order valence-electron chi connectivity index (χ3n) is 2.05. The molecule has 0 amide bonds. The van der Waals surface area contributed by atoms with Crippen LogP contribution >= 0.6 is 15.9 Å². The van der Waals surface area contributed by atoms with Crippen molar-refractivity contribution in [3.05, 3.63) is 52.8 Å². The minimum atomic E-state index is 0.512. The molecule has 1 heterocycles. The van der Waals surface area contributed by atoms with Crippen molar-refractivity contribution in [2.75, 3.05) is 5.73 Å². The lowest BCUT2D eigenvalue weighted by atomic mass is 10.2. The number of anilines is 1. The molecule has 0 saturated carbocycles. The predicted octanol–water partition coefficient (Wildman–Crippen LogP) is 3.01. The highest BCUT2D eigenvalue weighted by atomic mass is 79.9. The van der Waals surface area contributed by atoms with E-state index in [1.807, 2.05) is 24.3 Å². The van der Waals surface area contributed by atoms with Gasteiger partial charge in [0.05, 0.1) is 18.1 Å². The minimum Gasteiger partial charge on any atom is -0.487 e. The monoisotopic (exact) mass is 278 g/mol. The Morgan fingerprint density at radius 3 is 2.62 bits per heavy atom. The second-order valence-corrected chi connectivity index (χ2v) is 4.28. The molecule has 0 bridgehead atoms. The van der Waals surface area contributed by atoms with Crippen molar-refractivity contribution < 1.29 is 4.74 Å². The molecule has 1 aromatic carbocycles. The molecule has 0 atom stereocenters. The Kier molecular flexibility index (Phi) is 3.41. The molecule has 82 valence electrons. The van der Waals surface area contributed by atoms with Crippen LogP contribution in [0.15, 0.2) is 47.2 Å². The van der Waals surface area contributed by atoms with Gasteiger partial charge in [-0.3, -0.25) is 4.98 Å². The van der Waals surface area contributed by atoms with Crippen LogP contribution in [-0.2, 0) is 6.61 Å². The van der Waals surface area contributed by atoms with E-state index in [-0.39, 0.29) is 0 Å². The van der Waals surface area contributed by atoms with Gasteiger partial charge in [0, 0.05) is 10.5 Å². The number of hydrogen-bond donors (Lipinski definition) is 1. The Balaban J connectivity index is 1.99. The first-order valence-corrected chi connectivity index (χ1v) is 5.61. The SMILES string of the molecule is Nc1cncc(OCc2ccc(Br)cc2)c1. The minimum absolute atomic E-state index is 0.512. The third-order valence-corrected chi connectivity index (χ3v) is 2.58. The van der Waals surface area contributed by atoms with Crippen LogP contribution in [0.5, 0.6) is 5.75 Å². The highest BCUT2D eigenvalue weighted by Crippen LogP contribution is 2.15. The maximum atomic E-state index is 5.60. The Morgan fingerprint density at radius 1 is 1.19 bits per heavy atom. The van der Waals surface area contributed by atoms with Gasteiger partial charge in [0.15, 0.2) is 0 Å². The number of rotatable bonds is 3. The van der Waals surface area contributed by atoms with Gasteiger partial charge in [-0.15, -0.1) is 0 Å². The summed E-state index contributed by atoms with van der Waals surface area (Å²) in [5.41, 5.74) is 7.31. The van der Waals surface area contributed by atoms with Gasteiger partial charge in [-0.1, -0.05) is 28.1 Å². The highest BCUT2D eigenvalue weighted by Gasteiger charge is 1.97. The highest BCUT2D eigenvalue weighted by molar-refractivity contribution is 9.10. The summed E-state index contributed by atoms with van der Waals surface area (Å²) in [5.74, 6) is 0.683. The largest absolute Gasteiger partial charge is 0.487 e. The molecule has 4 heteroatoms. The average molecular weight is 279 g/mol. The number of aromatic nitrogens is 1. The molecule has 0 aliphatic carbocycles. The van der Waals surface area contributed by atoms with Crippen molar-refractivity contribution in [3.63, 3.8) is 0 Å². The van der Waals surface area contributed by atoms with Gasteiger partial charge in [0.25, 0.3) is 0 Å². The van der Waals surface area contributed by atoms with Crippen LogP contribution in [0.25, 0.3) is 0 Å². The average Bonchev–Trinajstić information content (AvgIpc) is 2.28. The fraction of sp³-hybridized carbons (Fsp3) is 0.0833. The molecule has 0 spiro atoms. The first-order chi connectivity index (χ1) is 7.74. The lowest BCUT2D eigenvalue weighted by Gasteiger charge is -2.06. The van der Waals surface area contributed by atoms with Gasteiger partial charge in [0.2, 0.25) is 0 Å². The van der Waals surface area contributed by atoms with E-state index < -0.39 is 0 Å². The lowest BCUT2D eigenvalue weighted by molar-refractivity contribution is 0.305. The summed E-state index contributed by atoms with van der Waals surface area (Å²) >= 11 is 3.38. The maximum Gasteiger partial charge on any atom is 0.140 e. The maximum absolute atomic E-state index is 5.60. The molecular formula is C12H11BrN2O. The molecule has 1 aromatic heterocycles. The first kappa shape index (κ1) is 11.0. The smallest absolute Gasteiger partial charge is 0.140 e. The standard InChI is InChI=1S/C12H11BrN2O/c13-10-3-1-9(2-4-10)8-16-12-5-11(14)6-15-7-12/h1-7H,8,14H2. The van der Waals surface area contributed by atoms with E-state index in [9.17, 15) is 0 Å². The van der Waals surface area contributed by atoms with Crippen molar-refractivity contribution in [1.29, 1.82) is 0 Å². The van der Waals surface area contributed by atoms with Gasteiger partial charge in [-0.2, -0.15) is 0 Å². The van der Waals surface area contributed by atoms with E-state index in [4.69, 9.17) is 10.5 Å². The van der Waals surface area contributed by atoms with Crippen LogP contribution in [0.3, 0.4) is 0 Å². The summed E-state index contributed by atoms with van der Waals surface area (Å²) in [7, 11) is 0. The van der Waals surface area contributed by atoms with Crippen LogP contribution in [0.4, 0.5) is 5.69 Å². The van der Waals surface area contributed by atoms with Crippen molar-refractivity contribution in [2.24, 2.45) is 0 Å². The predicted molar refractivity (Wildman–Crippen MR) is 67.1 cm³/mol. The summed E-state index contributed by atoms with van der Waals surface area (Å²) in [4.78, 5) is 3.95. The van der Waals surface area contributed by atoms with Crippen LogP contribution in [0, 0.1) is 0 Å². The lowest BCUT2D eigenvalue weighted by Crippen LogP contribution is -1.96. The number of nitrogen functional groups attached to an aromatic ring is 1. The number of nitrogens with two attached hydrogens (primary N) is 1. The molecule has 3 nitrogen and oxygen atoms in total. The normalized spacial score (nSPS) is 10.1.